The second kappa shape index (κ2) is 6.69. The molecule has 4 nitrogen and oxygen atoms in total. The number of hydrazine groups is 1. The topological polar surface area (TPSA) is 55.9 Å². The van der Waals surface area contributed by atoms with E-state index in [1.165, 1.54) is 5.69 Å². The third-order valence-corrected chi connectivity index (χ3v) is 4.73. The van der Waals surface area contributed by atoms with Gasteiger partial charge in [0, 0.05) is 28.6 Å². The van der Waals surface area contributed by atoms with Gasteiger partial charge in [-0.3, -0.25) is 16.0 Å². The van der Waals surface area contributed by atoms with Crippen molar-refractivity contribution in [1.82, 2.24) is 15.2 Å². The van der Waals surface area contributed by atoms with Crippen LogP contribution >= 0.6 is 34.2 Å². The number of rotatable bonds is 5. The molecule has 0 spiro atoms. The summed E-state index contributed by atoms with van der Waals surface area (Å²) in [6, 6.07) is 8.14. The van der Waals surface area contributed by atoms with E-state index in [0.717, 1.165) is 27.0 Å². The van der Waals surface area contributed by atoms with E-state index >= 15 is 0 Å². The lowest BCUT2D eigenvalue weighted by molar-refractivity contribution is 0.507. The second-order valence-corrected chi connectivity index (χ2v) is 5.95. The zero-order chi connectivity index (χ0) is 13.8. The third-order valence-electron chi connectivity index (χ3n) is 3.16. The Morgan fingerprint density at radius 1 is 1.47 bits per heavy atom. The SMILES string of the molecule is Cn1nccc1CCC(NN)c1ccc(I)c(Cl)c1. The van der Waals surface area contributed by atoms with Gasteiger partial charge in [0.05, 0.1) is 5.02 Å². The zero-order valence-corrected chi connectivity index (χ0v) is 13.5. The highest BCUT2D eigenvalue weighted by molar-refractivity contribution is 14.1. The van der Waals surface area contributed by atoms with Gasteiger partial charge in [-0.15, -0.1) is 0 Å². The molecule has 0 amide bonds. The van der Waals surface area contributed by atoms with Gasteiger partial charge < -0.3 is 0 Å². The average molecular weight is 391 g/mol. The fourth-order valence-electron chi connectivity index (χ4n) is 2.01. The summed E-state index contributed by atoms with van der Waals surface area (Å²) in [4.78, 5) is 0. The molecule has 1 unspecified atom stereocenters. The van der Waals surface area contributed by atoms with Crippen molar-refractivity contribution in [3.8, 4) is 0 Å². The summed E-state index contributed by atoms with van der Waals surface area (Å²) in [5, 5.41) is 4.92. The van der Waals surface area contributed by atoms with Crippen LogP contribution in [0.4, 0.5) is 0 Å². The Bertz CT molecular complexity index is 555. The molecule has 0 bridgehead atoms. The van der Waals surface area contributed by atoms with Crippen LogP contribution in [-0.2, 0) is 13.5 Å². The van der Waals surface area contributed by atoms with Crippen LogP contribution in [-0.4, -0.2) is 9.78 Å². The van der Waals surface area contributed by atoms with E-state index in [9.17, 15) is 0 Å². The first-order valence-corrected chi connectivity index (χ1v) is 7.45. The minimum Gasteiger partial charge on any atom is -0.273 e. The van der Waals surface area contributed by atoms with Gasteiger partial charge in [0.2, 0.25) is 0 Å². The zero-order valence-electron chi connectivity index (χ0n) is 10.6. The number of nitrogens with zero attached hydrogens (tertiary/aromatic N) is 2. The summed E-state index contributed by atoms with van der Waals surface area (Å²) in [5.74, 6) is 5.65. The van der Waals surface area contributed by atoms with E-state index in [1.54, 1.807) is 0 Å². The van der Waals surface area contributed by atoms with E-state index in [-0.39, 0.29) is 6.04 Å². The quantitative estimate of drug-likeness (QED) is 0.469. The third kappa shape index (κ3) is 3.68. The predicted octanol–water partition coefficient (Wildman–Crippen LogP) is 2.82. The van der Waals surface area contributed by atoms with Crippen molar-refractivity contribution in [2.45, 2.75) is 18.9 Å². The molecule has 0 saturated carbocycles. The Labute approximate surface area is 131 Å². The molecule has 102 valence electrons. The van der Waals surface area contributed by atoms with E-state index in [4.69, 9.17) is 17.4 Å². The van der Waals surface area contributed by atoms with Crippen molar-refractivity contribution in [2.75, 3.05) is 0 Å². The Morgan fingerprint density at radius 2 is 2.26 bits per heavy atom. The second-order valence-electron chi connectivity index (χ2n) is 4.38. The van der Waals surface area contributed by atoms with Crippen LogP contribution in [0.3, 0.4) is 0 Å². The molecule has 0 aliphatic rings. The molecule has 1 atom stereocenters. The van der Waals surface area contributed by atoms with Gasteiger partial charge in [-0.2, -0.15) is 5.10 Å². The van der Waals surface area contributed by atoms with Gasteiger partial charge in [0.25, 0.3) is 0 Å². The molecule has 0 saturated heterocycles. The predicted molar refractivity (Wildman–Crippen MR) is 85.8 cm³/mol. The lowest BCUT2D eigenvalue weighted by atomic mass is 10.0. The first-order chi connectivity index (χ1) is 9.11. The van der Waals surface area contributed by atoms with Gasteiger partial charge in [-0.05, 0) is 59.2 Å². The van der Waals surface area contributed by atoms with E-state index in [0.29, 0.717) is 0 Å². The standard InChI is InChI=1S/C13H16ClIN4/c1-19-10(6-7-17-19)3-5-13(18-16)9-2-4-12(15)11(14)8-9/h2,4,6-8,13,18H,3,5,16H2,1H3. The maximum absolute atomic E-state index is 6.15. The summed E-state index contributed by atoms with van der Waals surface area (Å²) >= 11 is 8.37. The van der Waals surface area contributed by atoms with Crippen molar-refractivity contribution in [2.24, 2.45) is 12.9 Å². The molecular formula is C13H16ClIN4. The Morgan fingerprint density at radius 3 is 2.84 bits per heavy atom. The fourth-order valence-corrected chi connectivity index (χ4v) is 2.54. The van der Waals surface area contributed by atoms with Crippen molar-refractivity contribution in [3.05, 3.63) is 50.3 Å². The number of aromatic nitrogens is 2. The van der Waals surface area contributed by atoms with E-state index in [1.807, 2.05) is 36.1 Å². The number of nitrogens with two attached hydrogens (primary N) is 1. The largest absolute Gasteiger partial charge is 0.273 e. The van der Waals surface area contributed by atoms with Gasteiger partial charge in [-0.25, -0.2) is 0 Å². The minimum atomic E-state index is 0.0874. The molecule has 1 aromatic heterocycles. The minimum absolute atomic E-state index is 0.0874. The van der Waals surface area contributed by atoms with Gasteiger partial charge in [-0.1, -0.05) is 17.7 Å². The Kier molecular flexibility index (Phi) is 5.20. The Hall–Kier alpha value is -0.630. The lowest BCUT2D eigenvalue weighted by Gasteiger charge is -2.17. The summed E-state index contributed by atoms with van der Waals surface area (Å²) in [6.45, 7) is 0. The fraction of sp³-hybridized carbons (Fsp3) is 0.308. The first-order valence-electron chi connectivity index (χ1n) is 5.99. The highest BCUT2D eigenvalue weighted by Gasteiger charge is 2.12. The molecule has 0 aliphatic heterocycles. The molecule has 2 aromatic rings. The molecule has 0 radical (unpaired) electrons. The molecule has 0 aliphatic carbocycles. The number of hydrogen-bond acceptors (Lipinski definition) is 3. The number of aryl methyl sites for hydroxylation is 2. The Balaban J connectivity index is 2.07. The summed E-state index contributed by atoms with van der Waals surface area (Å²) in [6.07, 6.45) is 3.61. The van der Waals surface area contributed by atoms with Crippen LogP contribution < -0.4 is 11.3 Å². The van der Waals surface area contributed by atoms with Gasteiger partial charge in [0.1, 0.15) is 0 Å². The smallest absolute Gasteiger partial charge is 0.0542 e. The van der Waals surface area contributed by atoms with Crippen LogP contribution in [0, 0.1) is 3.57 Å². The van der Waals surface area contributed by atoms with E-state index in [2.05, 4.69) is 39.2 Å². The molecule has 2 rings (SSSR count). The van der Waals surface area contributed by atoms with Crippen molar-refractivity contribution < 1.29 is 0 Å². The molecule has 3 N–H and O–H groups in total. The van der Waals surface area contributed by atoms with Gasteiger partial charge >= 0.3 is 0 Å². The first kappa shape index (κ1) is 14.8. The molecule has 1 heterocycles. The number of hydrogen-bond donors (Lipinski definition) is 2. The number of benzene rings is 1. The molecular weight excluding hydrogens is 375 g/mol. The van der Waals surface area contributed by atoms with Crippen LogP contribution in [0.2, 0.25) is 5.02 Å². The maximum Gasteiger partial charge on any atom is 0.0542 e. The maximum atomic E-state index is 6.15. The molecule has 6 heteroatoms. The van der Waals surface area contributed by atoms with Crippen molar-refractivity contribution >= 4 is 34.2 Å². The summed E-state index contributed by atoms with van der Waals surface area (Å²) < 4.78 is 2.93. The van der Waals surface area contributed by atoms with Gasteiger partial charge in [0.15, 0.2) is 0 Å². The van der Waals surface area contributed by atoms with Crippen LogP contribution in [0.15, 0.2) is 30.5 Å². The van der Waals surface area contributed by atoms with Crippen LogP contribution in [0.25, 0.3) is 0 Å². The van der Waals surface area contributed by atoms with Crippen LogP contribution in [0.1, 0.15) is 23.7 Å². The van der Waals surface area contributed by atoms with Crippen molar-refractivity contribution in [3.63, 3.8) is 0 Å². The van der Waals surface area contributed by atoms with Crippen molar-refractivity contribution in [1.29, 1.82) is 0 Å². The summed E-state index contributed by atoms with van der Waals surface area (Å²) in [7, 11) is 1.95. The number of nitrogens with one attached hydrogen (secondary N) is 1. The molecule has 19 heavy (non-hydrogen) atoms. The van der Waals surface area contributed by atoms with Crippen LogP contribution in [0.5, 0.6) is 0 Å². The average Bonchev–Trinajstić information content (AvgIpc) is 2.80. The normalized spacial score (nSPS) is 12.6. The van der Waals surface area contributed by atoms with E-state index < -0.39 is 0 Å². The monoisotopic (exact) mass is 390 g/mol. The molecule has 0 fully saturated rings. The highest BCUT2D eigenvalue weighted by Crippen LogP contribution is 2.25. The number of halogens is 2. The summed E-state index contributed by atoms with van der Waals surface area (Å²) in [5.41, 5.74) is 5.15. The molecule has 1 aromatic carbocycles. The lowest BCUT2D eigenvalue weighted by Crippen LogP contribution is -2.28. The highest BCUT2D eigenvalue weighted by atomic mass is 127.